The number of nitrogens with two attached hydrogens (primary N) is 4. The van der Waals surface area contributed by atoms with Gasteiger partial charge in [-0.15, -0.1) is 0 Å². The van der Waals surface area contributed by atoms with Crippen LogP contribution in [-0.4, -0.2) is 53.9 Å². The van der Waals surface area contributed by atoms with E-state index in [-0.39, 0.29) is 25.7 Å². The number of aldehydes is 1. The molecule has 5 amide bonds. The zero-order valence-electron chi connectivity index (χ0n) is 14.1. The van der Waals surface area contributed by atoms with Gasteiger partial charge in [-0.1, -0.05) is 0 Å². The molecule has 0 aliphatic carbocycles. The number of carbonyl (C=O) groups is 6. The fourth-order valence-electron chi connectivity index (χ4n) is 1.90. The fraction of sp³-hybridized carbons (Fsp3) is 0.571. The van der Waals surface area contributed by atoms with Crippen molar-refractivity contribution < 1.29 is 28.8 Å². The minimum atomic E-state index is -1.23. The molecule has 0 spiro atoms. The molecular weight excluding hydrogens is 348 g/mol. The molecule has 10 N–H and O–H groups in total. The maximum absolute atomic E-state index is 12.2. The summed E-state index contributed by atoms with van der Waals surface area (Å²) in [5.74, 6) is -3.74. The molecule has 12 heteroatoms. The van der Waals surface area contributed by atoms with Crippen molar-refractivity contribution in [3.8, 4) is 0 Å². The Morgan fingerprint density at radius 3 is 1.81 bits per heavy atom. The van der Waals surface area contributed by atoms with Crippen LogP contribution in [0.3, 0.4) is 0 Å². The number of primary amides is 3. The summed E-state index contributed by atoms with van der Waals surface area (Å²) >= 11 is 0. The average molecular weight is 372 g/mol. The van der Waals surface area contributed by atoms with E-state index in [1.54, 1.807) is 0 Å². The molecule has 0 unspecified atom stereocenters. The van der Waals surface area contributed by atoms with Crippen LogP contribution in [0.5, 0.6) is 0 Å². The van der Waals surface area contributed by atoms with Gasteiger partial charge in [-0.05, 0) is 12.8 Å². The van der Waals surface area contributed by atoms with Crippen LogP contribution in [-0.2, 0) is 28.8 Å². The van der Waals surface area contributed by atoms with E-state index in [2.05, 4.69) is 10.6 Å². The zero-order chi connectivity index (χ0) is 20.3. The molecular formula is C14H24N6O6. The van der Waals surface area contributed by atoms with Gasteiger partial charge in [0.15, 0.2) is 0 Å². The smallest absolute Gasteiger partial charge is 0.243 e. The van der Waals surface area contributed by atoms with Crippen molar-refractivity contribution >= 4 is 35.8 Å². The first-order chi connectivity index (χ1) is 12.1. The van der Waals surface area contributed by atoms with E-state index in [1.807, 2.05) is 0 Å². The van der Waals surface area contributed by atoms with Crippen LogP contribution in [0.2, 0.25) is 0 Å². The second-order valence-corrected chi connectivity index (χ2v) is 5.60. The highest BCUT2D eigenvalue weighted by Crippen LogP contribution is 2.02. The molecule has 0 fully saturated rings. The lowest BCUT2D eigenvalue weighted by Crippen LogP contribution is -2.54. The standard InChI is InChI=1S/C14H24N6O6/c15-8(1-3-10(16)22)13(25)20-9(2-4-11(17)23)14(26)19-7(6-21)5-12(18)24/h6-9H,1-5,15H2,(H2,16,22)(H2,17,23)(H2,18,24)(H,19,26)(H,20,25)/t7-,8-,9-/m0/s1. The summed E-state index contributed by atoms with van der Waals surface area (Å²) in [6.45, 7) is 0. The summed E-state index contributed by atoms with van der Waals surface area (Å²) in [7, 11) is 0. The molecule has 0 aromatic carbocycles. The molecule has 0 radical (unpaired) electrons. The molecule has 3 atom stereocenters. The number of carbonyl (C=O) groups excluding carboxylic acids is 6. The predicted octanol–water partition coefficient (Wildman–Crippen LogP) is -4.11. The Kier molecular flexibility index (Phi) is 10.2. The quantitative estimate of drug-likeness (QED) is 0.175. The topological polar surface area (TPSA) is 231 Å². The van der Waals surface area contributed by atoms with Gasteiger partial charge in [0.25, 0.3) is 0 Å². The molecule has 0 aromatic heterocycles. The van der Waals surface area contributed by atoms with E-state index in [0.717, 1.165) is 0 Å². The van der Waals surface area contributed by atoms with Crippen molar-refractivity contribution in [1.82, 2.24) is 10.6 Å². The molecule has 0 aliphatic rings. The van der Waals surface area contributed by atoms with Crippen molar-refractivity contribution in [2.75, 3.05) is 0 Å². The fourth-order valence-corrected chi connectivity index (χ4v) is 1.90. The van der Waals surface area contributed by atoms with E-state index in [9.17, 15) is 28.8 Å². The van der Waals surface area contributed by atoms with Gasteiger partial charge >= 0.3 is 0 Å². The summed E-state index contributed by atoms with van der Waals surface area (Å²) in [6.07, 6.45) is -0.658. The lowest BCUT2D eigenvalue weighted by molar-refractivity contribution is -0.132. The Morgan fingerprint density at radius 2 is 1.35 bits per heavy atom. The summed E-state index contributed by atoms with van der Waals surface area (Å²) in [5.41, 5.74) is 20.6. The van der Waals surface area contributed by atoms with Crippen LogP contribution >= 0.6 is 0 Å². The molecule has 12 nitrogen and oxygen atoms in total. The van der Waals surface area contributed by atoms with Crippen molar-refractivity contribution in [2.24, 2.45) is 22.9 Å². The van der Waals surface area contributed by atoms with Gasteiger partial charge in [0.1, 0.15) is 12.3 Å². The first-order valence-corrected chi connectivity index (χ1v) is 7.73. The average Bonchev–Trinajstić information content (AvgIpc) is 2.54. The summed E-state index contributed by atoms with van der Waals surface area (Å²) < 4.78 is 0. The third-order valence-corrected chi connectivity index (χ3v) is 3.26. The second-order valence-electron chi connectivity index (χ2n) is 5.60. The molecule has 0 aliphatic heterocycles. The molecule has 0 saturated heterocycles. The minimum Gasteiger partial charge on any atom is -0.370 e. The van der Waals surface area contributed by atoms with Crippen LogP contribution in [0.4, 0.5) is 0 Å². The number of rotatable bonds is 13. The molecule has 26 heavy (non-hydrogen) atoms. The minimum absolute atomic E-state index is 0.0377. The SMILES string of the molecule is NC(=O)CC[C@H](NC(=O)[C@@H](N)CCC(N)=O)C(=O)N[C@H](C=O)CC(N)=O. The van der Waals surface area contributed by atoms with Gasteiger partial charge in [-0.2, -0.15) is 0 Å². The third kappa shape index (κ3) is 9.97. The number of nitrogens with one attached hydrogen (secondary N) is 2. The lowest BCUT2D eigenvalue weighted by atomic mass is 10.1. The molecule has 0 bridgehead atoms. The normalized spacial score (nSPS) is 13.7. The maximum Gasteiger partial charge on any atom is 0.243 e. The maximum atomic E-state index is 12.2. The highest BCUT2D eigenvalue weighted by Gasteiger charge is 2.26. The Morgan fingerprint density at radius 1 is 0.808 bits per heavy atom. The largest absolute Gasteiger partial charge is 0.370 e. The van der Waals surface area contributed by atoms with Gasteiger partial charge < -0.3 is 38.4 Å². The monoisotopic (exact) mass is 372 g/mol. The van der Waals surface area contributed by atoms with Gasteiger partial charge in [-0.25, -0.2) is 0 Å². The van der Waals surface area contributed by atoms with Gasteiger partial charge in [-0.3, -0.25) is 24.0 Å². The van der Waals surface area contributed by atoms with E-state index in [4.69, 9.17) is 22.9 Å². The van der Waals surface area contributed by atoms with Crippen molar-refractivity contribution in [3.63, 3.8) is 0 Å². The van der Waals surface area contributed by atoms with Gasteiger partial charge in [0, 0.05) is 12.8 Å². The van der Waals surface area contributed by atoms with Crippen LogP contribution in [0.1, 0.15) is 32.1 Å². The van der Waals surface area contributed by atoms with E-state index in [1.165, 1.54) is 0 Å². The summed E-state index contributed by atoms with van der Waals surface area (Å²) in [5, 5.41) is 4.54. The van der Waals surface area contributed by atoms with E-state index in [0.29, 0.717) is 6.29 Å². The second kappa shape index (κ2) is 11.5. The summed E-state index contributed by atoms with van der Waals surface area (Å²) in [6, 6.07) is -3.53. The van der Waals surface area contributed by atoms with Crippen LogP contribution in [0.15, 0.2) is 0 Å². The third-order valence-electron chi connectivity index (χ3n) is 3.26. The molecule has 0 heterocycles. The van der Waals surface area contributed by atoms with Gasteiger partial charge in [0.2, 0.25) is 29.5 Å². The number of hydrogen-bond donors (Lipinski definition) is 6. The Labute approximate surface area is 149 Å². The zero-order valence-corrected chi connectivity index (χ0v) is 14.1. The molecule has 0 rings (SSSR count). The Hall–Kier alpha value is -3.02. The van der Waals surface area contributed by atoms with Crippen LogP contribution in [0.25, 0.3) is 0 Å². The first-order valence-electron chi connectivity index (χ1n) is 7.73. The number of amides is 5. The lowest BCUT2D eigenvalue weighted by Gasteiger charge is -2.21. The van der Waals surface area contributed by atoms with E-state index >= 15 is 0 Å². The van der Waals surface area contributed by atoms with Crippen LogP contribution in [0, 0.1) is 0 Å². The Bertz CT molecular complexity index is 566. The van der Waals surface area contributed by atoms with E-state index < -0.39 is 54.1 Å². The van der Waals surface area contributed by atoms with Crippen molar-refractivity contribution in [2.45, 2.75) is 50.2 Å². The number of hydrogen-bond acceptors (Lipinski definition) is 7. The first kappa shape index (κ1) is 23.0. The molecule has 146 valence electrons. The summed E-state index contributed by atoms with van der Waals surface area (Å²) in [4.78, 5) is 67.7. The predicted molar refractivity (Wildman–Crippen MR) is 88.6 cm³/mol. The van der Waals surface area contributed by atoms with Crippen molar-refractivity contribution in [1.29, 1.82) is 0 Å². The molecule has 0 saturated carbocycles. The highest BCUT2D eigenvalue weighted by molar-refractivity contribution is 5.92. The van der Waals surface area contributed by atoms with Crippen molar-refractivity contribution in [3.05, 3.63) is 0 Å². The molecule has 0 aromatic rings. The van der Waals surface area contributed by atoms with Gasteiger partial charge in [0.05, 0.1) is 18.5 Å². The Balaban J connectivity index is 4.96. The van der Waals surface area contributed by atoms with Crippen LogP contribution < -0.4 is 33.6 Å². The highest BCUT2D eigenvalue weighted by atomic mass is 16.2.